The molecule has 194 valence electrons. The normalized spacial score (nSPS) is 12.9. The smallest absolute Gasteiger partial charge is 0.337 e. The Labute approximate surface area is 216 Å². The van der Waals surface area contributed by atoms with E-state index in [0.717, 1.165) is 5.52 Å². The van der Waals surface area contributed by atoms with Gasteiger partial charge < -0.3 is 20.1 Å². The lowest BCUT2D eigenvalue weighted by Gasteiger charge is -2.28. The van der Waals surface area contributed by atoms with Crippen molar-refractivity contribution in [1.29, 1.82) is 0 Å². The fourth-order valence-electron chi connectivity index (χ4n) is 4.20. The summed E-state index contributed by atoms with van der Waals surface area (Å²) in [5.41, 5.74) is 1.74. The second-order valence-corrected chi connectivity index (χ2v) is 11.3. The summed E-state index contributed by atoms with van der Waals surface area (Å²) in [4.78, 5) is 11.8. The standard InChI is InChI=1S/C28H31N3O5S/c1-28(2,15-16-31-19-24(27(33)34)23-13-6-7-14-25(23)31)29-18-26(32)20-9-8-10-21(17-20)30-37(35,36)22-11-4-3-5-12-22/h3-14,17,19,26,29-30,32H,15-16,18H2,1-2H3,(H,33,34)/t26-/m1/s1. The van der Waals surface area contributed by atoms with Crippen molar-refractivity contribution < 1.29 is 23.4 Å². The first-order valence-electron chi connectivity index (χ1n) is 12.0. The van der Waals surface area contributed by atoms with Gasteiger partial charge >= 0.3 is 5.97 Å². The highest BCUT2D eigenvalue weighted by Crippen LogP contribution is 2.24. The van der Waals surface area contributed by atoms with Crippen molar-refractivity contribution in [3.63, 3.8) is 0 Å². The van der Waals surface area contributed by atoms with Crippen LogP contribution in [0.3, 0.4) is 0 Å². The number of fused-ring (bicyclic) bond motifs is 1. The van der Waals surface area contributed by atoms with E-state index in [4.69, 9.17) is 0 Å². The van der Waals surface area contributed by atoms with Crippen molar-refractivity contribution in [1.82, 2.24) is 9.88 Å². The summed E-state index contributed by atoms with van der Waals surface area (Å²) in [6, 6.07) is 22.2. The second kappa shape index (κ2) is 10.8. The monoisotopic (exact) mass is 521 g/mol. The lowest BCUT2D eigenvalue weighted by molar-refractivity contribution is 0.0698. The van der Waals surface area contributed by atoms with Gasteiger partial charge in [0.15, 0.2) is 0 Å². The summed E-state index contributed by atoms with van der Waals surface area (Å²) < 4.78 is 29.8. The molecule has 37 heavy (non-hydrogen) atoms. The molecule has 0 saturated heterocycles. The number of nitrogens with zero attached hydrogens (tertiary/aromatic N) is 1. The summed E-state index contributed by atoms with van der Waals surface area (Å²) in [7, 11) is -3.73. The van der Waals surface area contributed by atoms with Gasteiger partial charge in [0, 0.05) is 41.4 Å². The molecule has 1 atom stereocenters. The maximum atomic E-state index is 12.6. The van der Waals surface area contributed by atoms with Crippen molar-refractivity contribution in [3.8, 4) is 0 Å². The van der Waals surface area contributed by atoms with Gasteiger partial charge in [-0.1, -0.05) is 48.5 Å². The third kappa shape index (κ3) is 6.37. The second-order valence-electron chi connectivity index (χ2n) is 9.63. The number of aromatic carboxylic acids is 1. The van der Waals surface area contributed by atoms with Gasteiger partial charge in [-0.3, -0.25) is 4.72 Å². The van der Waals surface area contributed by atoms with E-state index in [0.29, 0.717) is 29.6 Å². The van der Waals surface area contributed by atoms with Crippen LogP contribution in [0.2, 0.25) is 0 Å². The minimum atomic E-state index is -3.73. The number of carbonyl (C=O) groups is 1. The van der Waals surface area contributed by atoms with Crippen LogP contribution < -0.4 is 10.0 Å². The third-order valence-corrected chi connectivity index (χ3v) is 7.74. The van der Waals surface area contributed by atoms with Crippen LogP contribution in [0.15, 0.2) is 90.0 Å². The van der Waals surface area contributed by atoms with E-state index in [1.54, 1.807) is 48.7 Å². The van der Waals surface area contributed by atoms with E-state index in [9.17, 15) is 23.4 Å². The number of para-hydroxylation sites is 1. The molecule has 0 aliphatic heterocycles. The fraction of sp³-hybridized carbons (Fsp3) is 0.250. The minimum absolute atomic E-state index is 0.162. The molecule has 4 N–H and O–H groups in total. The Bertz CT molecular complexity index is 1500. The van der Waals surface area contributed by atoms with E-state index in [1.807, 2.05) is 42.7 Å². The zero-order chi connectivity index (χ0) is 26.6. The van der Waals surface area contributed by atoms with Gasteiger partial charge in [0.25, 0.3) is 10.0 Å². The highest BCUT2D eigenvalue weighted by Gasteiger charge is 2.21. The predicted molar refractivity (Wildman–Crippen MR) is 144 cm³/mol. The number of aryl methyl sites for hydroxylation is 1. The summed E-state index contributed by atoms with van der Waals surface area (Å²) in [5.74, 6) is -0.955. The number of anilines is 1. The molecule has 3 aromatic carbocycles. The molecule has 0 spiro atoms. The number of aliphatic hydroxyl groups excluding tert-OH is 1. The highest BCUT2D eigenvalue weighted by molar-refractivity contribution is 7.92. The molecule has 8 nitrogen and oxygen atoms in total. The van der Waals surface area contributed by atoms with Gasteiger partial charge in [-0.05, 0) is 56.2 Å². The molecule has 0 unspecified atom stereocenters. The van der Waals surface area contributed by atoms with Crippen molar-refractivity contribution in [3.05, 3.63) is 96.2 Å². The van der Waals surface area contributed by atoms with E-state index in [1.165, 1.54) is 12.1 Å². The SMILES string of the molecule is CC(C)(CCn1cc(C(=O)O)c2ccccc21)NC[C@@H](O)c1cccc(NS(=O)(=O)c2ccccc2)c1. The van der Waals surface area contributed by atoms with Crippen LogP contribution in [-0.2, 0) is 16.6 Å². The molecular formula is C28H31N3O5S. The first kappa shape index (κ1) is 26.4. The number of nitrogens with one attached hydrogen (secondary N) is 2. The molecule has 4 rings (SSSR count). The quantitative estimate of drug-likeness (QED) is 0.228. The highest BCUT2D eigenvalue weighted by atomic mass is 32.2. The van der Waals surface area contributed by atoms with Gasteiger partial charge in [0.2, 0.25) is 0 Å². The molecule has 0 aliphatic rings. The number of sulfonamides is 1. The molecule has 0 aliphatic carbocycles. The van der Waals surface area contributed by atoms with E-state index in [2.05, 4.69) is 10.0 Å². The van der Waals surface area contributed by atoms with Crippen LogP contribution in [0, 0.1) is 0 Å². The molecular weight excluding hydrogens is 490 g/mol. The number of rotatable bonds is 11. The number of hydrogen-bond acceptors (Lipinski definition) is 5. The summed E-state index contributed by atoms with van der Waals surface area (Å²) in [6.07, 6.45) is 1.50. The maximum absolute atomic E-state index is 12.6. The Morgan fingerprint density at radius 1 is 1.00 bits per heavy atom. The average molecular weight is 522 g/mol. The summed E-state index contributed by atoms with van der Waals surface area (Å²) in [6.45, 7) is 4.90. The van der Waals surface area contributed by atoms with Crippen LogP contribution in [0.5, 0.6) is 0 Å². The number of carboxylic acid groups (broad SMARTS) is 1. The molecule has 0 bridgehead atoms. The van der Waals surface area contributed by atoms with Crippen molar-refractivity contribution in [2.45, 2.75) is 43.4 Å². The van der Waals surface area contributed by atoms with E-state index in [-0.39, 0.29) is 22.5 Å². The van der Waals surface area contributed by atoms with Gasteiger partial charge in [-0.15, -0.1) is 0 Å². The number of aromatic nitrogens is 1. The zero-order valence-electron chi connectivity index (χ0n) is 20.8. The largest absolute Gasteiger partial charge is 0.478 e. The first-order chi connectivity index (χ1) is 17.6. The molecule has 0 radical (unpaired) electrons. The number of β-amino-alcohol motifs (C(OH)–C–C–N with tert-alkyl or cyclic N) is 1. The van der Waals surface area contributed by atoms with Crippen LogP contribution in [0.4, 0.5) is 5.69 Å². The molecule has 4 aromatic rings. The lowest BCUT2D eigenvalue weighted by Crippen LogP contribution is -2.42. The van der Waals surface area contributed by atoms with Gasteiger partial charge in [-0.25, -0.2) is 13.2 Å². The molecule has 0 fully saturated rings. The maximum Gasteiger partial charge on any atom is 0.337 e. The van der Waals surface area contributed by atoms with E-state index < -0.39 is 22.1 Å². The lowest BCUT2D eigenvalue weighted by atomic mass is 9.99. The molecule has 9 heteroatoms. The Kier molecular flexibility index (Phi) is 7.68. The van der Waals surface area contributed by atoms with Gasteiger partial charge in [0.1, 0.15) is 0 Å². The van der Waals surface area contributed by atoms with Crippen LogP contribution in [0.25, 0.3) is 10.9 Å². The fourth-order valence-corrected chi connectivity index (χ4v) is 5.28. The van der Waals surface area contributed by atoms with Gasteiger partial charge in [-0.2, -0.15) is 0 Å². The Morgan fingerprint density at radius 2 is 1.70 bits per heavy atom. The van der Waals surface area contributed by atoms with Crippen LogP contribution in [0.1, 0.15) is 42.3 Å². The molecule has 0 amide bonds. The van der Waals surface area contributed by atoms with Crippen molar-refractivity contribution in [2.24, 2.45) is 0 Å². The topological polar surface area (TPSA) is 121 Å². The predicted octanol–water partition coefficient (Wildman–Crippen LogP) is 4.63. The van der Waals surface area contributed by atoms with Gasteiger partial charge in [0.05, 0.1) is 16.6 Å². The number of hydrogen-bond donors (Lipinski definition) is 4. The van der Waals surface area contributed by atoms with E-state index >= 15 is 0 Å². The summed E-state index contributed by atoms with van der Waals surface area (Å²) in [5, 5.41) is 24.4. The Morgan fingerprint density at radius 3 is 2.43 bits per heavy atom. The Hall–Kier alpha value is -3.66. The molecule has 0 saturated carbocycles. The molecule has 1 heterocycles. The first-order valence-corrected chi connectivity index (χ1v) is 13.5. The summed E-state index contributed by atoms with van der Waals surface area (Å²) >= 11 is 0. The molecule has 1 aromatic heterocycles. The number of carboxylic acids is 1. The van der Waals surface area contributed by atoms with Crippen molar-refractivity contribution in [2.75, 3.05) is 11.3 Å². The Balaban J connectivity index is 1.38. The average Bonchev–Trinajstić information content (AvgIpc) is 3.26. The van der Waals surface area contributed by atoms with Crippen molar-refractivity contribution >= 4 is 32.6 Å². The number of aliphatic hydroxyl groups is 1. The zero-order valence-corrected chi connectivity index (χ0v) is 21.6. The van der Waals surface area contributed by atoms with Crippen LogP contribution in [-0.4, -0.2) is 41.3 Å². The van der Waals surface area contributed by atoms with Crippen LogP contribution >= 0.6 is 0 Å². The minimum Gasteiger partial charge on any atom is -0.478 e. The number of benzene rings is 3. The third-order valence-electron chi connectivity index (χ3n) is 6.35.